The van der Waals surface area contributed by atoms with Crippen LogP contribution in [0, 0.1) is 10.1 Å². The molecule has 0 fully saturated rings. The zero-order chi connectivity index (χ0) is 13.1. The Kier molecular flexibility index (Phi) is 3.23. The normalized spacial score (nSPS) is 11.0. The number of nitrogens with zero attached hydrogens (tertiary/aromatic N) is 2. The Morgan fingerprint density at radius 3 is 2.83 bits per heavy atom. The molecule has 2 rings (SSSR count). The minimum atomic E-state index is -0.447. The second-order valence-electron chi connectivity index (χ2n) is 3.70. The van der Waals surface area contributed by atoms with Gasteiger partial charge in [-0.3, -0.25) is 10.1 Å². The lowest BCUT2D eigenvalue weighted by Gasteiger charge is -2.05. The monoisotopic (exact) mass is 244 g/mol. The number of pyridine rings is 1. The van der Waals surface area contributed by atoms with Crippen molar-refractivity contribution >= 4 is 22.7 Å². The van der Waals surface area contributed by atoms with E-state index in [4.69, 9.17) is 4.74 Å². The average Bonchev–Trinajstić information content (AvgIpc) is 2.38. The number of hydrogen-bond donors (Lipinski definition) is 0. The third-order valence-corrected chi connectivity index (χ3v) is 2.61. The lowest BCUT2D eigenvalue weighted by molar-refractivity contribution is -0.383. The first-order valence-electron chi connectivity index (χ1n) is 5.41. The van der Waals surface area contributed by atoms with Crippen LogP contribution in [-0.2, 0) is 0 Å². The number of nitro benzene ring substituents is 1. The topological polar surface area (TPSA) is 65.3 Å². The molecule has 0 saturated heterocycles. The highest BCUT2D eigenvalue weighted by Crippen LogP contribution is 2.31. The number of hydrogen-bond acceptors (Lipinski definition) is 4. The van der Waals surface area contributed by atoms with Crippen LogP contribution in [0.3, 0.4) is 0 Å². The Morgan fingerprint density at radius 2 is 2.22 bits per heavy atom. The summed E-state index contributed by atoms with van der Waals surface area (Å²) in [7, 11) is 1.48. The molecule has 0 aliphatic carbocycles. The zero-order valence-corrected chi connectivity index (χ0v) is 10.1. The summed E-state index contributed by atoms with van der Waals surface area (Å²) in [5.74, 6) is 0.452. The molecule has 0 aliphatic heterocycles. The van der Waals surface area contributed by atoms with Gasteiger partial charge in [-0.1, -0.05) is 12.2 Å². The molecule has 2 aromatic rings. The van der Waals surface area contributed by atoms with Gasteiger partial charge in [-0.2, -0.15) is 0 Å². The minimum Gasteiger partial charge on any atom is -0.496 e. The molecule has 0 spiro atoms. The standard InChI is InChI=1S/C13H12N2O3/c1-3-4-9-5-6-14-13-11(9)7-10(18-2)8-12(13)15(16)17/h3-8H,1-2H3/b4-3-. The van der Waals surface area contributed by atoms with Crippen molar-refractivity contribution in [2.24, 2.45) is 0 Å². The van der Waals surface area contributed by atoms with Gasteiger partial charge in [-0.05, 0) is 24.6 Å². The van der Waals surface area contributed by atoms with Crippen LogP contribution in [0.2, 0.25) is 0 Å². The fourth-order valence-corrected chi connectivity index (χ4v) is 1.81. The van der Waals surface area contributed by atoms with Crippen LogP contribution < -0.4 is 4.74 Å². The fourth-order valence-electron chi connectivity index (χ4n) is 1.81. The summed E-state index contributed by atoms with van der Waals surface area (Å²) < 4.78 is 5.09. The molecule has 1 aromatic carbocycles. The summed E-state index contributed by atoms with van der Waals surface area (Å²) in [6.45, 7) is 1.89. The van der Waals surface area contributed by atoms with E-state index in [0.717, 1.165) is 5.56 Å². The largest absolute Gasteiger partial charge is 0.496 e. The van der Waals surface area contributed by atoms with Crippen molar-refractivity contribution in [2.75, 3.05) is 7.11 Å². The molecular weight excluding hydrogens is 232 g/mol. The summed E-state index contributed by atoms with van der Waals surface area (Å²) >= 11 is 0. The van der Waals surface area contributed by atoms with E-state index in [9.17, 15) is 10.1 Å². The molecule has 0 N–H and O–H groups in total. The minimum absolute atomic E-state index is 0.0456. The quantitative estimate of drug-likeness (QED) is 0.614. The third-order valence-electron chi connectivity index (χ3n) is 2.61. The Labute approximate surface area is 104 Å². The van der Waals surface area contributed by atoms with E-state index in [1.165, 1.54) is 13.2 Å². The van der Waals surface area contributed by atoms with Crippen molar-refractivity contribution < 1.29 is 9.66 Å². The molecule has 1 heterocycles. The van der Waals surface area contributed by atoms with Crippen molar-refractivity contribution in [1.82, 2.24) is 4.98 Å². The SMILES string of the molecule is C/C=C\c1ccnc2c([N+](=O)[O-])cc(OC)cc12. The van der Waals surface area contributed by atoms with Gasteiger partial charge in [-0.25, -0.2) is 4.98 Å². The van der Waals surface area contributed by atoms with E-state index in [0.29, 0.717) is 16.7 Å². The van der Waals surface area contributed by atoms with Crippen LogP contribution in [0.25, 0.3) is 17.0 Å². The first-order chi connectivity index (χ1) is 8.67. The van der Waals surface area contributed by atoms with Crippen molar-refractivity contribution in [2.45, 2.75) is 6.92 Å². The lowest BCUT2D eigenvalue weighted by Crippen LogP contribution is -1.94. The maximum absolute atomic E-state index is 11.0. The Morgan fingerprint density at radius 1 is 1.44 bits per heavy atom. The molecule has 0 bridgehead atoms. The summed E-state index contributed by atoms with van der Waals surface area (Å²) in [6, 6.07) is 4.95. The van der Waals surface area contributed by atoms with Gasteiger partial charge >= 0.3 is 0 Å². The van der Waals surface area contributed by atoms with Gasteiger partial charge in [0.25, 0.3) is 5.69 Å². The van der Waals surface area contributed by atoms with Crippen molar-refractivity contribution in [3.8, 4) is 5.75 Å². The van der Waals surface area contributed by atoms with Crippen LogP contribution >= 0.6 is 0 Å². The molecule has 0 amide bonds. The number of non-ortho nitro benzene ring substituents is 1. The predicted octanol–water partition coefficient (Wildman–Crippen LogP) is 3.18. The van der Waals surface area contributed by atoms with Gasteiger partial charge in [0.15, 0.2) is 0 Å². The molecule has 0 radical (unpaired) electrons. The van der Waals surface area contributed by atoms with Gasteiger partial charge in [0.1, 0.15) is 11.3 Å². The van der Waals surface area contributed by atoms with Crippen LogP contribution in [0.1, 0.15) is 12.5 Å². The molecular formula is C13H12N2O3. The first kappa shape index (κ1) is 12.0. The maximum atomic E-state index is 11.0. The van der Waals surface area contributed by atoms with Crippen LogP contribution in [0.4, 0.5) is 5.69 Å². The Bertz CT molecular complexity index is 635. The van der Waals surface area contributed by atoms with Gasteiger partial charge in [0.2, 0.25) is 0 Å². The number of methoxy groups -OCH3 is 1. The summed E-state index contributed by atoms with van der Waals surface area (Å²) in [4.78, 5) is 14.7. The number of rotatable bonds is 3. The fraction of sp³-hybridized carbons (Fsp3) is 0.154. The van der Waals surface area contributed by atoms with Gasteiger partial charge in [-0.15, -0.1) is 0 Å². The lowest BCUT2D eigenvalue weighted by atomic mass is 10.1. The highest BCUT2D eigenvalue weighted by Gasteiger charge is 2.16. The highest BCUT2D eigenvalue weighted by molar-refractivity contribution is 5.94. The first-order valence-corrected chi connectivity index (χ1v) is 5.41. The molecule has 0 saturated carbocycles. The van der Waals surface area contributed by atoms with E-state index >= 15 is 0 Å². The van der Waals surface area contributed by atoms with Crippen LogP contribution in [0.5, 0.6) is 5.75 Å². The smallest absolute Gasteiger partial charge is 0.299 e. The number of fused-ring (bicyclic) bond motifs is 1. The Hall–Kier alpha value is -2.43. The van der Waals surface area contributed by atoms with E-state index in [-0.39, 0.29) is 5.69 Å². The number of benzene rings is 1. The number of allylic oxidation sites excluding steroid dienone is 1. The van der Waals surface area contributed by atoms with E-state index < -0.39 is 4.92 Å². The summed E-state index contributed by atoms with van der Waals surface area (Å²) in [5, 5.41) is 11.8. The number of aromatic nitrogens is 1. The molecule has 1 aromatic heterocycles. The van der Waals surface area contributed by atoms with Crippen molar-refractivity contribution in [1.29, 1.82) is 0 Å². The molecule has 0 aliphatic rings. The number of nitro groups is 1. The third kappa shape index (κ3) is 2.02. The average molecular weight is 244 g/mol. The summed E-state index contributed by atoms with van der Waals surface area (Å²) in [5.41, 5.74) is 1.21. The highest BCUT2D eigenvalue weighted by atomic mass is 16.6. The maximum Gasteiger partial charge on any atom is 0.299 e. The van der Waals surface area contributed by atoms with Gasteiger partial charge in [0.05, 0.1) is 18.1 Å². The molecule has 92 valence electrons. The van der Waals surface area contributed by atoms with E-state index in [2.05, 4.69) is 4.98 Å². The van der Waals surface area contributed by atoms with Crippen molar-refractivity contribution in [3.05, 3.63) is 46.1 Å². The second-order valence-corrected chi connectivity index (χ2v) is 3.70. The molecule has 0 unspecified atom stereocenters. The summed E-state index contributed by atoms with van der Waals surface area (Å²) in [6.07, 6.45) is 5.32. The molecule has 18 heavy (non-hydrogen) atoms. The van der Waals surface area contributed by atoms with Crippen molar-refractivity contribution in [3.63, 3.8) is 0 Å². The number of ether oxygens (including phenoxy) is 1. The second kappa shape index (κ2) is 4.83. The van der Waals surface area contributed by atoms with E-state index in [1.54, 1.807) is 12.3 Å². The molecule has 0 atom stereocenters. The van der Waals surface area contributed by atoms with Crippen LogP contribution in [-0.4, -0.2) is 17.0 Å². The Balaban J connectivity index is 2.85. The molecule has 5 nitrogen and oxygen atoms in total. The van der Waals surface area contributed by atoms with Gasteiger partial charge in [0, 0.05) is 11.6 Å². The van der Waals surface area contributed by atoms with E-state index in [1.807, 2.05) is 25.1 Å². The predicted molar refractivity (Wildman–Crippen MR) is 69.7 cm³/mol. The van der Waals surface area contributed by atoms with Gasteiger partial charge < -0.3 is 4.74 Å². The zero-order valence-electron chi connectivity index (χ0n) is 10.1. The molecule has 5 heteroatoms. The van der Waals surface area contributed by atoms with Crippen LogP contribution in [0.15, 0.2) is 30.5 Å².